The minimum atomic E-state index is -0.675. The lowest BCUT2D eigenvalue weighted by Crippen LogP contribution is -2.35. The van der Waals surface area contributed by atoms with Crippen molar-refractivity contribution in [2.75, 3.05) is 69.2 Å². The molecule has 0 saturated heterocycles. The van der Waals surface area contributed by atoms with E-state index < -0.39 is 17.7 Å². The van der Waals surface area contributed by atoms with Crippen LogP contribution in [0.1, 0.15) is 52.0 Å². The van der Waals surface area contributed by atoms with E-state index in [2.05, 4.69) is 10.2 Å². The summed E-state index contributed by atoms with van der Waals surface area (Å²) in [7, 11) is 0. The van der Waals surface area contributed by atoms with E-state index in [1.807, 2.05) is 24.3 Å². The molecule has 11 heteroatoms. The molecule has 1 amide bonds. The maximum atomic E-state index is 12.3. The van der Waals surface area contributed by atoms with Crippen molar-refractivity contribution in [3.05, 3.63) is 29.3 Å². The van der Waals surface area contributed by atoms with E-state index in [0.29, 0.717) is 38.8 Å². The number of amides is 1. The number of fused-ring (bicyclic) bond motifs is 1. The monoisotopic (exact) mass is 595 g/mol. The van der Waals surface area contributed by atoms with Crippen LogP contribution < -0.4 is 10.2 Å². The molecule has 0 spiro atoms. The Morgan fingerprint density at radius 2 is 1.85 bits per heavy atom. The van der Waals surface area contributed by atoms with Crippen molar-refractivity contribution >= 4 is 47.2 Å². The van der Waals surface area contributed by atoms with Crippen LogP contribution in [0.2, 0.25) is 0 Å². The summed E-state index contributed by atoms with van der Waals surface area (Å²) in [5, 5.41) is 12.1. The molecule has 1 heterocycles. The number of thioether (sulfide) groups is 1. The zero-order chi connectivity index (χ0) is 29.2. The molecule has 1 aromatic rings. The summed E-state index contributed by atoms with van der Waals surface area (Å²) < 4.78 is 21.6. The van der Waals surface area contributed by atoms with E-state index in [4.69, 9.17) is 30.5 Å². The molecule has 2 rings (SSSR count). The largest absolute Gasteiger partial charge is 0.456 e. The standard InChI is InChI=1S/C29H42ClN3O6S/c1-29(2,3)39-27(34)24(22-31)20-23-8-9-25-26(21-23)40-19-13-33(25)12-16-38-28(35)32-11-15-37-18-17-36-14-7-5-4-6-10-30/h8-9,20-21H,4-7,10-19H2,1-3H3,(H,32,35)/b24-20+. The molecule has 1 aliphatic rings. The number of benzene rings is 1. The second-order valence-corrected chi connectivity index (χ2v) is 11.6. The first-order chi connectivity index (χ1) is 19.2. The Hall–Kier alpha value is -2.45. The van der Waals surface area contributed by atoms with Gasteiger partial charge in [0.2, 0.25) is 0 Å². The highest BCUT2D eigenvalue weighted by Gasteiger charge is 2.21. The Morgan fingerprint density at radius 1 is 1.10 bits per heavy atom. The predicted molar refractivity (Wildman–Crippen MR) is 159 cm³/mol. The van der Waals surface area contributed by atoms with Gasteiger partial charge in [-0.2, -0.15) is 5.26 Å². The average Bonchev–Trinajstić information content (AvgIpc) is 2.91. The van der Waals surface area contributed by atoms with Crippen LogP contribution in [0.4, 0.5) is 10.5 Å². The number of anilines is 1. The van der Waals surface area contributed by atoms with Gasteiger partial charge in [-0.05, 0) is 57.4 Å². The molecule has 40 heavy (non-hydrogen) atoms. The average molecular weight is 596 g/mol. The van der Waals surface area contributed by atoms with Gasteiger partial charge in [0.25, 0.3) is 0 Å². The molecule has 0 saturated carbocycles. The molecule has 0 radical (unpaired) electrons. The number of nitrogens with zero attached hydrogens (tertiary/aromatic N) is 2. The fraction of sp³-hybridized carbons (Fsp3) is 0.621. The topological polar surface area (TPSA) is 110 Å². The fourth-order valence-corrected chi connectivity index (χ4v) is 5.04. The van der Waals surface area contributed by atoms with E-state index in [0.717, 1.165) is 60.7 Å². The zero-order valence-corrected chi connectivity index (χ0v) is 25.4. The minimum absolute atomic E-state index is 0.0461. The second-order valence-electron chi connectivity index (χ2n) is 10.1. The van der Waals surface area contributed by atoms with Crippen LogP contribution >= 0.6 is 23.4 Å². The number of hydrogen-bond donors (Lipinski definition) is 1. The highest BCUT2D eigenvalue weighted by atomic mass is 35.5. The Balaban J connectivity index is 1.67. The predicted octanol–water partition coefficient (Wildman–Crippen LogP) is 5.41. The van der Waals surface area contributed by atoms with Gasteiger partial charge in [0, 0.05) is 36.2 Å². The number of carbonyl (C=O) groups excluding carboxylic acids is 2. The number of carbonyl (C=O) groups is 2. The lowest BCUT2D eigenvalue weighted by Gasteiger charge is -2.30. The van der Waals surface area contributed by atoms with Crippen molar-refractivity contribution in [1.82, 2.24) is 5.32 Å². The number of ether oxygens (including phenoxy) is 4. The van der Waals surface area contributed by atoms with Gasteiger partial charge < -0.3 is 29.2 Å². The fourth-order valence-electron chi connectivity index (χ4n) is 3.75. The third-order valence-electron chi connectivity index (χ3n) is 5.65. The summed E-state index contributed by atoms with van der Waals surface area (Å²) in [6, 6.07) is 7.71. The third-order valence-corrected chi connectivity index (χ3v) is 6.94. The van der Waals surface area contributed by atoms with Gasteiger partial charge in [0.05, 0.1) is 32.1 Å². The quantitative estimate of drug-likeness (QED) is 0.0831. The van der Waals surface area contributed by atoms with Gasteiger partial charge in [0.1, 0.15) is 23.9 Å². The van der Waals surface area contributed by atoms with Gasteiger partial charge in [-0.3, -0.25) is 0 Å². The van der Waals surface area contributed by atoms with Crippen LogP contribution in [0, 0.1) is 11.3 Å². The summed E-state index contributed by atoms with van der Waals surface area (Å²) in [5.74, 6) is 0.950. The summed E-state index contributed by atoms with van der Waals surface area (Å²) in [6.45, 7) is 9.42. The summed E-state index contributed by atoms with van der Waals surface area (Å²) in [5.41, 5.74) is 1.05. The molecule has 0 unspecified atom stereocenters. The number of hydrogen-bond acceptors (Lipinski definition) is 9. The van der Waals surface area contributed by atoms with Crippen molar-refractivity contribution < 1.29 is 28.5 Å². The van der Waals surface area contributed by atoms with Crippen LogP contribution in [-0.4, -0.2) is 82.0 Å². The molecular formula is C29H42ClN3O6S. The molecule has 0 bridgehead atoms. The Kier molecular flexibility index (Phi) is 15.9. The van der Waals surface area contributed by atoms with Crippen molar-refractivity contribution in [2.24, 2.45) is 0 Å². The van der Waals surface area contributed by atoms with Gasteiger partial charge in [-0.1, -0.05) is 18.9 Å². The van der Waals surface area contributed by atoms with Crippen molar-refractivity contribution in [1.29, 1.82) is 5.26 Å². The number of nitriles is 1. The van der Waals surface area contributed by atoms with Crippen LogP contribution in [0.3, 0.4) is 0 Å². The van der Waals surface area contributed by atoms with E-state index in [1.165, 1.54) is 0 Å². The molecule has 1 aliphatic heterocycles. The Morgan fingerprint density at radius 3 is 2.58 bits per heavy atom. The second kappa shape index (κ2) is 18.8. The lowest BCUT2D eigenvalue weighted by atomic mass is 10.1. The van der Waals surface area contributed by atoms with E-state index in [9.17, 15) is 14.9 Å². The number of esters is 1. The Bertz CT molecular complexity index is 1010. The highest BCUT2D eigenvalue weighted by molar-refractivity contribution is 7.99. The number of rotatable bonds is 17. The highest BCUT2D eigenvalue weighted by Crippen LogP contribution is 2.35. The lowest BCUT2D eigenvalue weighted by molar-refractivity contribution is -0.149. The third kappa shape index (κ3) is 13.8. The van der Waals surface area contributed by atoms with E-state index in [1.54, 1.807) is 38.6 Å². The first kappa shape index (κ1) is 33.8. The molecule has 1 aromatic carbocycles. The van der Waals surface area contributed by atoms with Gasteiger partial charge in [-0.25, -0.2) is 9.59 Å². The van der Waals surface area contributed by atoms with E-state index in [-0.39, 0.29) is 12.2 Å². The first-order valence-corrected chi connectivity index (χ1v) is 15.2. The summed E-state index contributed by atoms with van der Waals surface area (Å²) in [6.07, 6.45) is 5.42. The van der Waals surface area contributed by atoms with Crippen molar-refractivity contribution in [3.8, 4) is 6.07 Å². The van der Waals surface area contributed by atoms with Crippen LogP contribution in [0.5, 0.6) is 0 Å². The van der Waals surface area contributed by atoms with Crippen LogP contribution in [0.15, 0.2) is 28.7 Å². The number of alkyl carbamates (subject to hydrolysis) is 1. The van der Waals surface area contributed by atoms with Crippen LogP contribution in [0.25, 0.3) is 6.08 Å². The summed E-state index contributed by atoms with van der Waals surface area (Å²) in [4.78, 5) is 27.5. The zero-order valence-electron chi connectivity index (χ0n) is 23.8. The minimum Gasteiger partial charge on any atom is -0.456 e. The van der Waals surface area contributed by atoms with Gasteiger partial charge >= 0.3 is 12.1 Å². The number of halogens is 1. The summed E-state index contributed by atoms with van der Waals surface area (Å²) >= 11 is 7.36. The van der Waals surface area contributed by atoms with Crippen molar-refractivity contribution in [3.63, 3.8) is 0 Å². The van der Waals surface area contributed by atoms with Gasteiger partial charge in [-0.15, -0.1) is 23.4 Å². The maximum absolute atomic E-state index is 12.3. The molecular weight excluding hydrogens is 554 g/mol. The van der Waals surface area contributed by atoms with Gasteiger partial charge in [0.15, 0.2) is 0 Å². The molecule has 0 aliphatic carbocycles. The molecule has 9 nitrogen and oxygen atoms in total. The van der Waals surface area contributed by atoms with Crippen molar-refractivity contribution in [2.45, 2.75) is 57.0 Å². The molecule has 222 valence electrons. The normalized spacial score (nSPS) is 13.4. The van der Waals surface area contributed by atoms with Crippen LogP contribution in [-0.2, 0) is 23.7 Å². The number of alkyl halides is 1. The molecule has 0 aromatic heterocycles. The SMILES string of the molecule is CC(C)(C)OC(=O)/C(C#N)=C/c1ccc2c(c1)SCCN2CCOC(=O)NCCOCCOCCCCCCCl. The number of nitrogens with one attached hydrogen (secondary N) is 1. The number of unbranched alkanes of at least 4 members (excludes halogenated alkanes) is 3. The first-order valence-electron chi connectivity index (χ1n) is 13.7. The smallest absolute Gasteiger partial charge is 0.407 e. The van der Waals surface area contributed by atoms with E-state index >= 15 is 0 Å². The molecule has 0 fully saturated rings. The molecule has 1 N–H and O–H groups in total. The Labute approximate surface area is 247 Å². The maximum Gasteiger partial charge on any atom is 0.407 e. The molecule has 0 atom stereocenters.